The highest BCUT2D eigenvalue weighted by Gasteiger charge is 2.38. The number of furan rings is 1. The first-order chi connectivity index (χ1) is 14.2. The van der Waals surface area contributed by atoms with Crippen molar-refractivity contribution in [2.75, 3.05) is 18.6 Å². The highest BCUT2D eigenvalue weighted by molar-refractivity contribution is 7.91. The van der Waals surface area contributed by atoms with E-state index in [2.05, 4.69) is 6.92 Å². The summed E-state index contributed by atoms with van der Waals surface area (Å²) in [5.41, 5.74) is 0.276. The molecule has 2 fully saturated rings. The molecule has 2 aliphatic rings. The van der Waals surface area contributed by atoms with Crippen LogP contribution in [-0.2, 0) is 16.4 Å². The van der Waals surface area contributed by atoms with Gasteiger partial charge in [-0.2, -0.15) is 0 Å². The predicted molar refractivity (Wildman–Crippen MR) is 115 cm³/mol. The number of benzene rings is 1. The Morgan fingerprint density at radius 1 is 1.27 bits per heavy atom. The van der Waals surface area contributed by atoms with E-state index >= 15 is 0 Å². The quantitative estimate of drug-likeness (QED) is 0.617. The number of carbonyl (C=O) groups is 1. The van der Waals surface area contributed by atoms with Gasteiger partial charge >= 0.3 is 0 Å². The fourth-order valence-corrected chi connectivity index (χ4v) is 6.37. The van der Waals surface area contributed by atoms with Crippen molar-refractivity contribution in [3.63, 3.8) is 0 Å². The number of ether oxygens (including phenoxy) is 1. The van der Waals surface area contributed by atoms with Gasteiger partial charge in [-0.25, -0.2) is 8.42 Å². The summed E-state index contributed by atoms with van der Waals surface area (Å²) < 4.78 is 35.3. The number of hydrogen-bond donors (Lipinski definition) is 0. The number of methoxy groups -OCH3 is 1. The van der Waals surface area contributed by atoms with Crippen LogP contribution in [0.15, 0.2) is 28.7 Å². The summed E-state index contributed by atoms with van der Waals surface area (Å²) in [5.74, 6) is 2.52. The molecule has 162 valence electrons. The molecule has 1 aromatic carbocycles. The number of rotatable bonds is 6. The Morgan fingerprint density at radius 3 is 2.47 bits per heavy atom. The van der Waals surface area contributed by atoms with Gasteiger partial charge in [-0.3, -0.25) is 4.79 Å². The fraction of sp³-hybridized carbons (Fsp3) is 0.476. The van der Waals surface area contributed by atoms with E-state index in [1.807, 2.05) is 12.1 Å². The van der Waals surface area contributed by atoms with Gasteiger partial charge in [0, 0.05) is 17.5 Å². The second-order valence-electron chi connectivity index (χ2n) is 8.09. The molecule has 0 spiro atoms. The number of halogens is 2. The predicted octanol–water partition coefficient (Wildman–Crippen LogP) is 4.55. The largest absolute Gasteiger partial charge is 0.494 e. The summed E-state index contributed by atoms with van der Waals surface area (Å²) in [6.07, 6.45) is 1.48. The van der Waals surface area contributed by atoms with Gasteiger partial charge in [-0.15, -0.1) is 0 Å². The van der Waals surface area contributed by atoms with E-state index in [-0.39, 0.29) is 39.6 Å². The van der Waals surface area contributed by atoms with Crippen LogP contribution in [-0.4, -0.2) is 43.9 Å². The zero-order valence-corrected chi connectivity index (χ0v) is 19.1. The fourth-order valence-electron chi connectivity index (χ4n) is 4.00. The van der Waals surface area contributed by atoms with Crippen LogP contribution in [0.5, 0.6) is 5.75 Å². The Labute approximate surface area is 186 Å². The number of hydrogen-bond acceptors (Lipinski definition) is 5. The normalized spacial score (nSPS) is 24.6. The molecule has 1 amide bonds. The molecule has 1 aliphatic heterocycles. The molecule has 30 heavy (non-hydrogen) atoms. The summed E-state index contributed by atoms with van der Waals surface area (Å²) in [6.45, 7) is 2.35. The standard InChI is InChI=1S/C21H23Cl2NO5S/c1-12-7-16(12)19-4-3-15(29-19)10-24(14-5-6-30(26,27)11-14)21(25)13-8-17(22)20(28-2)18(23)9-13/h3-4,8-9,12,14,16H,5-7,10-11H2,1-2H3. The van der Waals surface area contributed by atoms with Crippen molar-refractivity contribution < 1.29 is 22.4 Å². The molecule has 0 bridgehead atoms. The van der Waals surface area contributed by atoms with Gasteiger partial charge in [0.25, 0.3) is 5.91 Å². The van der Waals surface area contributed by atoms with Gasteiger partial charge < -0.3 is 14.1 Å². The number of carbonyl (C=O) groups excluding carboxylic acids is 1. The number of nitrogens with zero attached hydrogens (tertiary/aromatic N) is 1. The van der Waals surface area contributed by atoms with Crippen LogP contribution in [0.2, 0.25) is 10.0 Å². The minimum atomic E-state index is -3.18. The van der Waals surface area contributed by atoms with Crippen LogP contribution in [0.4, 0.5) is 0 Å². The Hall–Kier alpha value is -1.70. The van der Waals surface area contributed by atoms with Crippen molar-refractivity contribution in [3.05, 3.63) is 51.4 Å². The summed E-state index contributed by atoms with van der Waals surface area (Å²) in [5, 5.41) is 0.436. The van der Waals surface area contributed by atoms with Crippen LogP contribution in [0.3, 0.4) is 0 Å². The minimum Gasteiger partial charge on any atom is -0.494 e. The SMILES string of the molecule is COc1c(Cl)cc(C(=O)N(Cc2ccc(C3CC3C)o2)C2CCS(=O)(=O)C2)cc1Cl. The molecular formula is C21H23Cl2NO5S. The first-order valence-corrected chi connectivity index (χ1v) is 12.4. The molecule has 0 N–H and O–H groups in total. The van der Waals surface area contributed by atoms with E-state index in [1.165, 1.54) is 19.2 Å². The van der Waals surface area contributed by atoms with Crippen LogP contribution in [0.1, 0.15) is 47.6 Å². The summed E-state index contributed by atoms with van der Waals surface area (Å²) in [7, 11) is -1.73. The Balaban J connectivity index is 1.63. The molecular weight excluding hydrogens is 449 g/mol. The number of amides is 1. The summed E-state index contributed by atoms with van der Waals surface area (Å²) in [6, 6.07) is 6.35. The van der Waals surface area contributed by atoms with Gasteiger partial charge in [-0.05, 0) is 43.0 Å². The average Bonchev–Trinajstić information content (AvgIpc) is 3.07. The lowest BCUT2D eigenvalue weighted by molar-refractivity contribution is 0.0665. The highest BCUT2D eigenvalue weighted by Crippen LogP contribution is 2.47. The third-order valence-electron chi connectivity index (χ3n) is 5.84. The molecule has 2 aromatic rings. The molecule has 9 heteroatoms. The maximum atomic E-state index is 13.4. The van der Waals surface area contributed by atoms with E-state index in [1.54, 1.807) is 4.90 Å². The molecule has 0 radical (unpaired) electrons. The molecule has 3 atom stereocenters. The second-order valence-corrected chi connectivity index (χ2v) is 11.1. The van der Waals surface area contributed by atoms with Gasteiger partial charge in [-0.1, -0.05) is 30.1 Å². The lowest BCUT2D eigenvalue weighted by Crippen LogP contribution is -2.40. The average molecular weight is 472 g/mol. The van der Waals surface area contributed by atoms with Gasteiger partial charge in [0.05, 0.1) is 35.2 Å². The van der Waals surface area contributed by atoms with Crippen LogP contribution in [0, 0.1) is 5.92 Å². The van der Waals surface area contributed by atoms with Crippen molar-refractivity contribution in [2.45, 2.75) is 38.3 Å². The van der Waals surface area contributed by atoms with E-state index in [0.29, 0.717) is 29.8 Å². The minimum absolute atomic E-state index is 0.0641. The van der Waals surface area contributed by atoms with E-state index < -0.39 is 15.9 Å². The Kier molecular flexibility index (Phi) is 5.81. The molecule has 1 aromatic heterocycles. The monoisotopic (exact) mass is 471 g/mol. The van der Waals surface area contributed by atoms with Crippen molar-refractivity contribution in [2.24, 2.45) is 5.92 Å². The molecule has 3 unspecified atom stereocenters. The maximum absolute atomic E-state index is 13.4. The molecule has 2 heterocycles. The Bertz CT molecular complexity index is 1060. The van der Waals surface area contributed by atoms with Gasteiger partial charge in [0.15, 0.2) is 15.6 Å². The molecule has 1 saturated carbocycles. The van der Waals surface area contributed by atoms with Crippen LogP contribution < -0.4 is 4.74 Å². The molecule has 1 aliphatic carbocycles. The second kappa shape index (κ2) is 8.09. The van der Waals surface area contributed by atoms with Gasteiger partial charge in [0.2, 0.25) is 0 Å². The van der Waals surface area contributed by atoms with E-state index in [0.717, 1.165) is 12.2 Å². The highest BCUT2D eigenvalue weighted by atomic mass is 35.5. The lowest BCUT2D eigenvalue weighted by Gasteiger charge is -2.28. The summed E-state index contributed by atoms with van der Waals surface area (Å²) >= 11 is 12.4. The van der Waals surface area contributed by atoms with E-state index in [9.17, 15) is 13.2 Å². The van der Waals surface area contributed by atoms with Gasteiger partial charge in [0.1, 0.15) is 11.5 Å². The molecule has 1 saturated heterocycles. The molecule has 6 nitrogen and oxygen atoms in total. The smallest absolute Gasteiger partial charge is 0.254 e. The maximum Gasteiger partial charge on any atom is 0.254 e. The first-order valence-electron chi connectivity index (χ1n) is 9.81. The summed E-state index contributed by atoms with van der Waals surface area (Å²) in [4.78, 5) is 14.9. The van der Waals surface area contributed by atoms with Crippen molar-refractivity contribution in [1.29, 1.82) is 0 Å². The van der Waals surface area contributed by atoms with Crippen molar-refractivity contribution in [3.8, 4) is 5.75 Å². The van der Waals surface area contributed by atoms with Crippen molar-refractivity contribution in [1.82, 2.24) is 4.90 Å². The first kappa shape index (κ1) is 21.5. The van der Waals surface area contributed by atoms with E-state index in [4.69, 9.17) is 32.4 Å². The zero-order chi connectivity index (χ0) is 21.6. The zero-order valence-electron chi connectivity index (χ0n) is 16.7. The third-order valence-corrected chi connectivity index (χ3v) is 8.15. The third kappa shape index (κ3) is 4.34. The lowest BCUT2D eigenvalue weighted by atomic mass is 10.1. The molecule has 4 rings (SSSR count). The topological polar surface area (TPSA) is 76.8 Å². The Morgan fingerprint density at radius 2 is 1.93 bits per heavy atom. The van der Waals surface area contributed by atoms with Crippen LogP contribution >= 0.6 is 23.2 Å². The van der Waals surface area contributed by atoms with Crippen molar-refractivity contribution >= 4 is 38.9 Å². The van der Waals surface area contributed by atoms with Crippen LogP contribution in [0.25, 0.3) is 0 Å². The number of sulfone groups is 1.